The Morgan fingerprint density at radius 1 is 1.09 bits per heavy atom. The van der Waals surface area contributed by atoms with E-state index in [4.69, 9.17) is 9.47 Å². The molecule has 7 nitrogen and oxygen atoms in total. The number of anilines is 1. The Bertz CT molecular complexity index is 1040. The molecule has 2 aromatic rings. The second-order valence-electron chi connectivity index (χ2n) is 8.17. The number of benzene rings is 2. The van der Waals surface area contributed by atoms with Gasteiger partial charge >= 0.3 is 0 Å². The third kappa shape index (κ3) is 4.37. The van der Waals surface area contributed by atoms with Crippen LogP contribution in [0.4, 0.5) is 5.69 Å². The predicted molar refractivity (Wildman–Crippen MR) is 125 cm³/mol. The molecule has 0 spiro atoms. The zero-order chi connectivity index (χ0) is 23.6. The minimum atomic E-state index is -0.901. The maximum atomic E-state index is 13.7. The Hall–Kier alpha value is -2.87. The Balaban J connectivity index is 2.01. The van der Waals surface area contributed by atoms with E-state index in [0.29, 0.717) is 29.2 Å². The molecule has 1 atom stereocenters. The van der Waals surface area contributed by atoms with Crippen molar-refractivity contribution in [2.24, 2.45) is 0 Å². The highest BCUT2D eigenvalue weighted by Gasteiger charge is 2.48. The molecule has 3 amide bonds. The minimum Gasteiger partial charge on any atom is -0.493 e. The van der Waals surface area contributed by atoms with E-state index in [2.05, 4.69) is 15.9 Å². The molecule has 0 bridgehead atoms. The number of rotatable bonds is 7. The molecular weight excluding hydrogens is 476 g/mol. The smallest absolute Gasteiger partial charge is 0.257 e. The van der Waals surface area contributed by atoms with Crippen molar-refractivity contribution in [2.45, 2.75) is 45.2 Å². The van der Waals surface area contributed by atoms with Crippen LogP contribution in [0.15, 0.2) is 46.9 Å². The number of nitrogens with zero attached hydrogens (tertiary/aromatic N) is 2. The molecule has 1 saturated heterocycles. The average molecular weight is 503 g/mol. The molecule has 1 aliphatic heterocycles. The van der Waals surface area contributed by atoms with Gasteiger partial charge in [0.15, 0.2) is 11.5 Å². The molecule has 8 heteroatoms. The van der Waals surface area contributed by atoms with E-state index < -0.39 is 17.5 Å². The van der Waals surface area contributed by atoms with E-state index in [1.807, 2.05) is 20.8 Å². The van der Waals surface area contributed by atoms with Gasteiger partial charge in [-0.1, -0.05) is 22.9 Å². The monoisotopic (exact) mass is 502 g/mol. The lowest BCUT2D eigenvalue weighted by Gasteiger charge is -2.41. The second kappa shape index (κ2) is 9.32. The van der Waals surface area contributed by atoms with Gasteiger partial charge in [-0.05, 0) is 62.7 Å². The van der Waals surface area contributed by atoms with Gasteiger partial charge in [0, 0.05) is 15.6 Å². The van der Waals surface area contributed by atoms with Crippen LogP contribution >= 0.6 is 15.9 Å². The standard InChI is InChI=1S/C24H27BrN2O5/c1-6-24(2,3)27(22(29)15-7-12-19(31-4)20(13-15)32-5)18-14-21(28)26(23(18)30)17-10-8-16(25)9-11-17/h7-13,18H,6,14H2,1-5H3. The maximum absolute atomic E-state index is 13.7. The molecule has 1 aliphatic rings. The van der Waals surface area contributed by atoms with Gasteiger partial charge in [-0.3, -0.25) is 14.4 Å². The summed E-state index contributed by atoms with van der Waals surface area (Å²) in [6.45, 7) is 5.74. The van der Waals surface area contributed by atoms with Crippen LogP contribution in [0.2, 0.25) is 0 Å². The lowest BCUT2D eigenvalue weighted by molar-refractivity contribution is -0.123. The van der Waals surface area contributed by atoms with Crippen LogP contribution in [0, 0.1) is 0 Å². The van der Waals surface area contributed by atoms with E-state index in [0.717, 1.165) is 9.37 Å². The van der Waals surface area contributed by atoms with Gasteiger partial charge in [0.05, 0.1) is 26.3 Å². The van der Waals surface area contributed by atoms with Crippen molar-refractivity contribution in [1.29, 1.82) is 0 Å². The molecule has 1 fully saturated rings. The number of amides is 3. The summed E-state index contributed by atoms with van der Waals surface area (Å²) in [7, 11) is 3.01. The quantitative estimate of drug-likeness (QED) is 0.523. The number of halogens is 1. The summed E-state index contributed by atoms with van der Waals surface area (Å²) in [5.41, 5.74) is 0.172. The van der Waals surface area contributed by atoms with E-state index in [9.17, 15) is 14.4 Å². The molecule has 1 unspecified atom stereocenters. The van der Waals surface area contributed by atoms with E-state index >= 15 is 0 Å². The fraction of sp³-hybridized carbons (Fsp3) is 0.375. The first-order valence-electron chi connectivity index (χ1n) is 10.3. The van der Waals surface area contributed by atoms with E-state index in [-0.39, 0.29) is 18.2 Å². The van der Waals surface area contributed by atoms with Crippen molar-refractivity contribution in [1.82, 2.24) is 4.90 Å². The molecule has 2 aromatic carbocycles. The van der Waals surface area contributed by atoms with Crippen molar-refractivity contribution >= 4 is 39.3 Å². The minimum absolute atomic E-state index is 0.0721. The summed E-state index contributed by atoms with van der Waals surface area (Å²) < 4.78 is 11.4. The number of carbonyl (C=O) groups is 3. The molecule has 32 heavy (non-hydrogen) atoms. The van der Waals surface area contributed by atoms with Crippen molar-refractivity contribution in [3.63, 3.8) is 0 Å². The van der Waals surface area contributed by atoms with Gasteiger partial charge in [-0.15, -0.1) is 0 Å². The zero-order valence-corrected chi connectivity index (χ0v) is 20.4. The molecule has 0 radical (unpaired) electrons. The van der Waals surface area contributed by atoms with Gasteiger partial charge in [-0.25, -0.2) is 4.90 Å². The van der Waals surface area contributed by atoms with E-state index in [1.165, 1.54) is 19.1 Å². The topological polar surface area (TPSA) is 76.2 Å². The summed E-state index contributed by atoms with van der Waals surface area (Å²) in [5, 5.41) is 0. The van der Waals surface area contributed by atoms with Crippen molar-refractivity contribution in [2.75, 3.05) is 19.1 Å². The highest BCUT2D eigenvalue weighted by atomic mass is 79.9. The molecule has 1 heterocycles. The van der Waals surface area contributed by atoms with Crippen LogP contribution in [0.5, 0.6) is 11.5 Å². The number of methoxy groups -OCH3 is 2. The van der Waals surface area contributed by atoms with Crippen LogP contribution in [-0.4, -0.2) is 48.4 Å². The summed E-state index contributed by atoms with van der Waals surface area (Å²) in [4.78, 5) is 42.7. The number of ether oxygens (including phenoxy) is 2. The third-order valence-electron chi connectivity index (χ3n) is 5.89. The summed E-state index contributed by atoms with van der Waals surface area (Å²) in [6.07, 6.45) is 0.527. The first-order chi connectivity index (χ1) is 15.1. The predicted octanol–water partition coefficient (Wildman–Crippen LogP) is 4.43. The molecule has 170 valence electrons. The lowest BCUT2D eigenvalue weighted by atomic mass is 9.94. The van der Waals surface area contributed by atoms with Crippen molar-refractivity contribution < 1.29 is 23.9 Å². The number of hydrogen-bond acceptors (Lipinski definition) is 5. The number of carbonyl (C=O) groups excluding carboxylic acids is 3. The SMILES string of the molecule is CCC(C)(C)N(C(=O)c1ccc(OC)c(OC)c1)C1CC(=O)N(c2ccc(Br)cc2)C1=O. The van der Waals surface area contributed by atoms with Gasteiger partial charge in [0.25, 0.3) is 11.8 Å². The van der Waals surface area contributed by atoms with Crippen molar-refractivity contribution in [3.8, 4) is 11.5 Å². The molecule has 0 N–H and O–H groups in total. The zero-order valence-electron chi connectivity index (χ0n) is 18.8. The lowest BCUT2D eigenvalue weighted by Crippen LogP contribution is -2.55. The highest BCUT2D eigenvalue weighted by molar-refractivity contribution is 9.10. The van der Waals surface area contributed by atoms with E-state index in [1.54, 1.807) is 42.5 Å². The number of hydrogen-bond donors (Lipinski definition) is 0. The first-order valence-corrected chi connectivity index (χ1v) is 11.1. The summed E-state index contributed by atoms with van der Waals surface area (Å²) in [6, 6.07) is 10.9. The highest BCUT2D eigenvalue weighted by Crippen LogP contribution is 2.34. The van der Waals surface area contributed by atoms with Crippen LogP contribution in [-0.2, 0) is 9.59 Å². The molecule has 3 rings (SSSR count). The Morgan fingerprint density at radius 2 is 1.72 bits per heavy atom. The molecule has 0 aliphatic carbocycles. The van der Waals surface area contributed by atoms with Gasteiger partial charge in [0.2, 0.25) is 5.91 Å². The second-order valence-corrected chi connectivity index (χ2v) is 9.09. The summed E-state index contributed by atoms with van der Waals surface area (Å²) >= 11 is 3.36. The van der Waals surface area contributed by atoms with Crippen LogP contribution in [0.1, 0.15) is 44.0 Å². The Morgan fingerprint density at radius 3 is 2.28 bits per heavy atom. The van der Waals surface area contributed by atoms with Gasteiger partial charge in [-0.2, -0.15) is 0 Å². The molecule has 0 saturated carbocycles. The maximum Gasteiger partial charge on any atom is 0.257 e. The summed E-state index contributed by atoms with van der Waals surface area (Å²) in [5.74, 6) is -0.176. The van der Waals surface area contributed by atoms with Crippen molar-refractivity contribution in [3.05, 3.63) is 52.5 Å². The fourth-order valence-electron chi connectivity index (χ4n) is 3.80. The average Bonchev–Trinajstić information content (AvgIpc) is 3.07. The molecular formula is C24H27BrN2O5. The number of imide groups is 1. The normalized spacial score (nSPS) is 16.3. The molecule has 0 aromatic heterocycles. The Kier molecular flexibility index (Phi) is 6.93. The van der Waals surface area contributed by atoms with Crippen LogP contribution < -0.4 is 14.4 Å². The van der Waals surface area contributed by atoms with Crippen LogP contribution in [0.25, 0.3) is 0 Å². The van der Waals surface area contributed by atoms with Gasteiger partial charge < -0.3 is 14.4 Å². The fourth-order valence-corrected chi connectivity index (χ4v) is 4.06. The first kappa shape index (κ1) is 23.8. The Labute approximate surface area is 196 Å². The van der Waals surface area contributed by atoms with Crippen LogP contribution in [0.3, 0.4) is 0 Å². The largest absolute Gasteiger partial charge is 0.493 e. The third-order valence-corrected chi connectivity index (χ3v) is 6.41. The van der Waals surface area contributed by atoms with Gasteiger partial charge in [0.1, 0.15) is 6.04 Å².